The maximum atomic E-state index is 4.41. The van der Waals surface area contributed by atoms with Gasteiger partial charge in [-0.25, -0.2) is 0 Å². The van der Waals surface area contributed by atoms with Gasteiger partial charge in [-0.15, -0.1) is 0 Å². The molecule has 3 aliphatic rings. The van der Waals surface area contributed by atoms with Crippen molar-refractivity contribution < 1.29 is 0 Å². The Balaban J connectivity index is 1.12. The van der Waals surface area contributed by atoms with E-state index >= 15 is 0 Å². The highest BCUT2D eigenvalue weighted by molar-refractivity contribution is 6.12. The van der Waals surface area contributed by atoms with Gasteiger partial charge in [-0.3, -0.25) is 10.2 Å². The normalized spacial score (nSPS) is 20.2. The zero-order chi connectivity index (χ0) is 39.5. The third kappa shape index (κ3) is 4.77. The van der Waals surface area contributed by atoms with Crippen molar-refractivity contribution in [2.45, 2.75) is 43.1 Å². The minimum absolute atomic E-state index is 0.0702. The molecule has 3 atom stereocenters. The smallest absolute Gasteiger partial charge is 0.143 e. The monoisotopic (exact) mass is 759 g/mol. The third-order valence-corrected chi connectivity index (χ3v) is 14.1. The van der Waals surface area contributed by atoms with Crippen LogP contribution in [0.1, 0.15) is 71.2 Å². The van der Waals surface area contributed by atoms with Gasteiger partial charge in [0.1, 0.15) is 6.29 Å². The van der Waals surface area contributed by atoms with Crippen LogP contribution in [0.5, 0.6) is 0 Å². The number of likely N-dealkylation sites (N-methyl/N-ethyl adjacent to an activating group) is 1. The number of rotatable bonds is 4. The number of hydrogen-bond acceptors (Lipinski definition) is 2. The number of fused-ring (bicyclic) bond motifs is 10. The molecule has 3 heteroatoms. The van der Waals surface area contributed by atoms with E-state index in [1.165, 1.54) is 88.2 Å². The van der Waals surface area contributed by atoms with Gasteiger partial charge in [0.05, 0.1) is 28.5 Å². The Hall–Kier alpha value is -6.52. The predicted molar refractivity (Wildman–Crippen MR) is 244 cm³/mol. The van der Waals surface area contributed by atoms with Gasteiger partial charge in [0.25, 0.3) is 0 Å². The Labute approximate surface area is 345 Å². The number of para-hydroxylation sites is 1. The molecule has 1 aliphatic heterocycles. The second-order valence-corrected chi connectivity index (χ2v) is 17.4. The van der Waals surface area contributed by atoms with E-state index in [0.717, 1.165) is 0 Å². The Bertz CT molecular complexity index is 3120. The second kappa shape index (κ2) is 12.7. The standard InChI is InChI=1S/C56H45N3/c1-55(2)46-28-13-11-27-44(46)51-35-49(55)53(57-54(58(51)3)59-50-31-16-12-26-43(50)45-33-36-18-7-8-19-37(36)34-52(45)59)38-20-17-23-40(32-38)56(39-21-5-4-6-22-39)47-29-14-9-24-41(47)42-25-10-15-30-48(42)56/h4-35,51,53-54,57H,1-3H3. The predicted octanol–water partition coefficient (Wildman–Crippen LogP) is 13.0. The van der Waals surface area contributed by atoms with Crippen molar-refractivity contribution >= 4 is 32.6 Å². The van der Waals surface area contributed by atoms with Crippen LogP contribution in [0.25, 0.3) is 43.7 Å². The van der Waals surface area contributed by atoms with Crippen molar-refractivity contribution in [2.75, 3.05) is 7.05 Å². The molecule has 2 heterocycles. The average Bonchev–Trinajstić information content (AvgIpc) is 3.71. The molecule has 9 aromatic rings. The molecule has 0 spiro atoms. The largest absolute Gasteiger partial charge is 0.311 e. The summed E-state index contributed by atoms with van der Waals surface area (Å²) in [5, 5.41) is 9.47. The lowest BCUT2D eigenvalue weighted by atomic mass is 9.65. The SMILES string of the molecule is CN1C2C=C(C(c3cccc(C4(c5ccccc5)c5ccccc5-c5ccccc54)c3)NC1n1c3ccccc3c3cc4ccccc4cc31)C(C)(C)c1ccccc12. The minimum atomic E-state index is -0.481. The lowest BCUT2D eigenvalue weighted by molar-refractivity contribution is 0.117. The molecule has 12 rings (SSSR count). The summed E-state index contributed by atoms with van der Waals surface area (Å²) in [4.78, 5) is 2.56. The fraction of sp³-hybridized carbons (Fsp3) is 0.143. The minimum Gasteiger partial charge on any atom is -0.311 e. The molecule has 0 saturated carbocycles. The van der Waals surface area contributed by atoms with E-state index < -0.39 is 5.41 Å². The van der Waals surface area contributed by atoms with Crippen LogP contribution in [0.2, 0.25) is 0 Å². The first kappa shape index (κ1) is 34.5. The second-order valence-electron chi connectivity index (χ2n) is 17.4. The molecule has 0 amide bonds. The van der Waals surface area contributed by atoms with E-state index in [1.54, 1.807) is 0 Å². The van der Waals surface area contributed by atoms with Gasteiger partial charge in [-0.1, -0.05) is 190 Å². The van der Waals surface area contributed by atoms with Gasteiger partial charge in [-0.2, -0.15) is 0 Å². The van der Waals surface area contributed by atoms with Crippen molar-refractivity contribution in [3.8, 4) is 11.1 Å². The molecule has 59 heavy (non-hydrogen) atoms. The van der Waals surface area contributed by atoms with Gasteiger partial charge >= 0.3 is 0 Å². The van der Waals surface area contributed by atoms with Crippen LogP contribution < -0.4 is 5.32 Å². The molecular formula is C56H45N3. The van der Waals surface area contributed by atoms with Crippen LogP contribution in [0.15, 0.2) is 200 Å². The molecule has 1 N–H and O–H groups in total. The van der Waals surface area contributed by atoms with Crippen molar-refractivity contribution in [2.24, 2.45) is 0 Å². The summed E-state index contributed by atoms with van der Waals surface area (Å²) in [6, 6.07) is 70.5. The molecule has 3 unspecified atom stereocenters. The van der Waals surface area contributed by atoms with Gasteiger partial charge in [0.2, 0.25) is 0 Å². The molecule has 0 fully saturated rings. The first-order valence-corrected chi connectivity index (χ1v) is 21.0. The quantitative estimate of drug-likeness (QED) is 0.180. The number of aromatic nitrogens is 1. The zero-order valence-corrected chi connectivity index (χ0v) is 33.6. The molecule has 3 nitrogen and oxygen atoms in total. The van der Waals surface area contributed by atoms with Crippen molar-refractivity contribution in [3.05, 3.63) is 239 Å². The topological polar surface area (TPSA) is 20.2 Å². The molecule has 2 aliphatic carbocycles. The molecule has 0 saturated heterocycles. The maximum absolute atomic E-state index is 4.41. The third-order valence-electron chi connectivity index (χ3n) is 14.1. The van der Waals surface area contributed by atoms with Crippen LogP contribution in [0, 0.1) is 0 Å². The zero-order valence-electron chi connectivity index (χ0n) is 33.6. The Morgan fingerprint density at radius 3 is 1.88 bits per heavy atom. The van der Waals surface area contributed by atoms with E-state index in [-0.39, 0.29) is 23.8 Å². The lowest BCUT2D eigenvalue weighted by Gasteiger charge is -2.40. The summed E-state index contributed by atoms with van der Waals surface area (Å²) < 4.78 is 2.58. The summed E-state index contributed by atoms with van der Waals surface area (Å²) in [6.45, 7) is 4.85. The van der Waals surface area contributed by atoms with E-state index in [9.17, 15) is 0 Å². The lowest BCUT2D eigenvalue weighted by Crippen LogP contribution is -2.41. The Kier molecular flexibility index (Phi) is 7.45. The van der Waals surface area contributed by atoms with E-state index in [0.29, 0.717) is 0 Å². The van der Waals surface area contributed by atoms with Gasteiger partial charge in [0, 0.05) is 16.2 Å². The highest BCUT2D eigenvalue weighted by atomic mass is 15.4. The number of nitrogens with one attached hydrogen (secondary N) is 1. The van der Waals surface area contributed by atoms with Crippen LogP contribution in [0.3, 0.4) is 0 Å². The van der Waals surface area contributed by atoms with Gasteiger partial charge < -0.3 is 4.57 Å². The highest BCUT2D eigenvalue weighted by Crippen LogP contribution is 2.57. The number of nitrogens with zero attached hydrogens (tertiary/aromatic N) is 2. The van der Waals surface area contributed by atoms with Gasteiger partial charge in [0.15, 0.2) is 0 Å². The van der Waals surface area contributed by atoms with Crippen LogP contribution >= 0.6 is 0 Å². The summed E-state index contributed by atoms with van der Waals surface area (Å²) in [7, 11) is 2.31. The molecule has 284 valence electrons. The van der Waals surface area contributed by atoms with E-state index in [1.807, 2.05) is 0 Å². The van der Waals surface area contributed by atoms with E-state index in [4.69, 9.17) is 0 Å². The van der Waals surface area contributed by atoms with E-state index in [2.05, 4.69) is 230 Å². The fourth-order valence-electron chi connectivity index (χ4n) is 11.4. The van der Waals surface area contributed by atoms with Crippen LogP contribution in [0.4, 0.5) is 0 Å². The molecular weight excluding hydrogens is 715 g/mol. The number of benzene rings is 8. The van der Waals surface area contributed by atoms with Crippen LogP contribution in [-0.4, -0.2) is 16.5 Å². The van der Waals surface area contributed by atoms with Crippen molar-refractivity contribution in [1.82, 2.24) is 14.8 Å². The summed E-state index contributed by atoms with van der Waals surface area (Å²) in [6.07, 6.45) is 2.41. The fourth-order valence-corrected chi connectivity index (χ4v) is 11.4. The first-order chi connectivity index (χ1) is 28.9. The highest BCUT2D eigenvalue weighted by Gasteiger charge is 2.48. The molecule has 2 bridgehead atoms. The van der Waals surface area contributed by atoms with Crippen molar-refractivity contribution in [1.29, 1.82) is 0 Å². The summed E-state index contributed by atoms with van der Waals surface area (Å²) in [5.74, 6) is 0. The molecule has 8 aromatic carbocycles. The summed E-state index contributed by atoms with van der Waals surface area (Å²) >= 11 is 0. The first-order valence-electron chi connectivity index (χ1n) is 21.0. The van der Waals surface area contributed by atoms with Crippen molar-refractivity contribution in [3.63, 3.8) is 0 Å². The Morgan fingerprint density at radius 2 is 1.12 bits per heavy atom. The van der Waals surface area contributed by atoms with Gasteiger partial charge in [-0.05, 0) is 91.7 Å². The summed E-state index contributed by atoms with van der Waals surface area (Å²) in [5.41, 5.74) is 15.0. The van der Waals surface area contributed by atoms with Crippen LogP contribution in [-0.2, 0) is 10.8 Å². The molecule has 0 radical (unpaired) electrons. The molecule has 1 aromatic heterocycles. The maximum Gasteiger partial charge on any atom is 0.143 e. The number of hydrogen-bond donors (Lipinski definition) is 1. The average molecular weight is 760 g/mol. The Morgan fingerprint density at radius 1 is 0.508 bits per heavy atom.